The molecular weight excluding hydrogens is 350 g/mol. The number of amides is 1. The average Bonchev–Trinajstić information content (AvgIpc) is 3.29. The van der Waals surface area contributed by atoms with Gasteiger partial charge in [-0.1, -0.05) is 18.2 Å². The van der Waals surface area contributed by atoms with Gasteiger partial charge in [-0.05, 0) is 44.7 Å². The number of anilines is 2. The van der Waals surface area contributed by atoms with Crippen molar-refractivity contribution >= 4 is 23.1 Å². The maximum atomic E-state index is 13.2. The average molecular weight is 375 g/mol. The number of piperidine rings is 1. The Morgan fingerprint density at radius 2 is 1.82 bits per heavy atom. The third kappa shape index (κ3) is 2.84. The normalized spacial score (nSPS) is 17.4. The highest BCUT2D eigenvalue weighted by Crippen LogP contribution is 2.32. The molecule has 0 spiro atoms. The molecule has 144 valence electrons. The summed E-state index contributed by atoms with van der Waals surface area (Å²) in [5.41, 5.74) is 5.25. The SMILES string of the molecule is Cc1cc(N2CCC(C(=O)N3CCc4ccccc43)CC2)n2nc(C)cc2n1. The van der Waals surface area contributed by atoms with E-state index in [1.165, 1.54) is 5.56 Å². The fourth-order valence-electron chi connectivity index (χ4n) is 4.56. The first-order valence-corrected chi connectivity index (χ1v) is 10.1. The minimum Gasteiger partial charge on any atom is -0.356 e. The molecule has 0 aliphatic carbocycles. The largest absolute Gasteiger partial charge is 0.356 e. The molecule has 2 aliphatic rings. The van der Waals surface area contributed by atoms with Gasteiger partial charge in [-0.15, -0.1) is 0 Å². The van der Waals surface area contributed by atoms with Gasteiger partial charge < -0.3 is 9.80 Å². The summed E-state index contributed by atoms with van der Waals surface area (Å²) in [6, 6.07) is 12.4. The zero-order valence-electron chi connectivity index (χ0n) is 16.4. The molecule has 0 unspecified atom stereocenters. The zero-order valence-corrected chi connectivity index (χ0v) is 16.4. The summed E-state index contributed by atoms with van der Waals surface area (Å²) in [5, 5.41) is 4.61. The first-order chi connectivity index (χ1) is 13.6. The van der Waals surface area contributed by atoms with Crippen molar-refractivity contribution in [3.8, 4) is 0 Å². The number of rotatable bonds is 2. The number of nitrogens with zero attached hydrogens (tertiary/aromatic N) is 5. The molecule has 6 heteroatoms. The van der Waals surface area contributed by atoms with Crippen molar-refractivity contribution in [2.75, 3.05) is 29.4 Å². The molecule has 1 fully saturated rings. The summed E-state index contributed by atoms with van der Waals surface area (Å²) in [5.74, 6) is 1.46. The van der Waals surface area contributed by atoms with Crippen LogP contribution in [0.3, 0.4) is 0 Å². The fourth-order valence-corrected chi connectivity index (χ4v) is 4.56. The molecule has 1 aromatic carbocycles. The monoisotopic (exact) mass is 375 g/mol. The Bertz CT molecular complexity index is 1050. The maximum absolute atomic E-state index is 13.2. The first kappa shape index (κ1) is 17.2. The van der Waals surface area contributed by atoms with Crippen molar-refractivity contribution in [1.82, 2.24) is 14.6 Å². The third-order valence-corrected chi connectivity index (χ3v) is 5.98. The molecule has 1 saturated heterocycles. The van der Waals surface area contributed by atoms with Crippen LogP contribution in [0.15, 0.2) is 36.4 Å². The quantitative estimate of drug-likeness (QED) is 0.690. The number of fused-ring (bicyclic) bond motifs is 2. The molecule has 6 nitrogen and oxygen atoms in total. The highest BCUT2D eigenvalue weighted by molar-refractivity contribution is 5.97. The van der Waals surface area contributed by atoms with Crippen molar-refractivity contribution in [3.63, 3.8) is 0 Å². The number of carbonyl (C=O) groups excluding carboxylic acids is 1. The molecular formula is C22H25N5O. The molecule has 1 amide bonds. The van der Waals surface area contributed by atoms with Crippen LogP contribution < -0.4 is 9.80 Å². The lowest BCUT2D eigenvalue weighted by atomic mass is 9.95. The summed E-state index contributed by atoms with van der Waals surface area (Å²) >= 11 is 0. The van der Waals surface area contributed by atoms with Gasteiger partial charge in [-0.25, -0.2) is 4.98 Å². The second-order valence-electron chi connectivity index (χ2n) is 7.94. The molecule has 0 atom stereocenters. The predicted molar refractivity (Wildman–Crippen MR) is 110 cm³/mol. The molecule has 0 saturated carbocycles. The molecule has 2 aliphatic heterocycles. The van der Waals surface area contributed by atoms with E-state index in [4.69, 9.17) is 0 Å². The molecule has 0 radical (unpaired) electrons. The summed E-state index contributed by atoms with van der Waals surface area (Å²) < 4.78 is 1.93. The lowest BCUT2D eigenvalue weighted by Gasteiger charge is -2.34. The Kier molecular flexibility index (Phi) is 4.07. The van der Waals surface area contributed by atoms with Crippen molar-refractivity contribution in [2.45, 2.75) is 33.1 Å². The van der Waals surface area contributed by atoms with E-state index in [1.807, 2.05) is 35.4 Å². The number of hydrogen-bond acceptors (Lipinski definition) is 4. The lowest BCUT2D eigenvalue weighted by Crippen LogP contribution is -2.42. The van der Waals surface area contributed by atoms with Gasteiger partial charge in [0.1, 0.15) is 5.82 Å². The van der Waals surface area contributed by atoms with Gasteiger partial charge in [0.2, 0.25) is 5.91 Å². The molecule has 28 heavy (non-hydrogen) atoms. The van der Waals surface area contributed by atoms with Gasteiger partial charge in [0.15, 0.2) is 5.65 Å². The van der Waals surface area contributed by atoms with E-state index >= 15 is 0 Å². The topological polar surface area (TPSA) is 53.7 Å². The van der Waals surface area contributed by atoms with Gasteiger partial charge in [-0.3, -0.25) is 4.79 Å². The molecule has 0 N–H and O–H groups in total. The zero-order chi connectivity index (χ0) is 19.3. The van der Waals surface area contributed by atoms with E-state index in [0.29, 0.717) is 0 Å². The highest BCUT2D eigenvalue weighted by Gasteiger charge is 2.32. The van der Waals surface area contributed by atoms with Gasteiger partial charge in [-0.2, -0.15) is 9.61 Å². The number of benzene rings is 1. The van der Waals surface area contributed by atoms with Crippen LogP contribution in [0.1, 0.15) is 29.8 Å². The molecule has 3 aromatic rings. The number of hydrogen-bond donors (Lipinski definition) is 0. The van der Waals surface area contributed by atoms with Gasteiger partial charge in [0, 0.05) is 49.1 Å². The van der Waals surface area contributed by atoms with Crippen LogP contribution in [0, 0.1) is 19.8 Å². The Morgan fingerprint density at radius 1 is 1.04 bits per heavy atom. The number of aryl methyl sites for hydroxylation is 2. The van der Waals surface area contributed by atoms with E-state index in [0.717, 1.165) is 67.4 Å². The lowest BCUT2D eigenvalue weighted by molar-refractivity contribution is -0.122. The van der Waals surface area contributed by atoms with E-state index in [-0.39, 0.29) is 11.8 Å². The molecule has 0 bridgehead atoms. The summed E-state index contributed by atoms with van der Waals surface area (Å²) in [6.07, 6.45) is 2.72. The second-order valence-corrected chi connectivity index (χ2v) is 7.94. The standard InChI is InChI=1S/C22H25N5O/c1-15-14-21(27-20(23-15)13-16(2)24-27)25-10-7-18(8-11-25)22(28)26-12-9-17-5-3-4-6-19(17)26/h3-6,13-14,18H,7-12H2,1-2H3. The van der Waals surface area contributed by atoms with Crippen LogP contribution in [0.5, 0.6) is 0 Å². The summed E-state index contributed by atoms with van der Waals surface area (Å²) in [7, 11) is 0. The Hall–Kier alpha value is -2.89. The smallest absolute Gasteiger partial charge is 0.230 e. The van der Waals surface area contributed by atoms with Crippen LogP contribution in [-0.4, -0.2) is 40.1 Å². The van der Waals surface area contributed by atoms with Crippen LogP contribution in [0.2, 0.25) is 0 Å². The Balaban J connectivity index is 1.33. The van der Waals surface area contributed by atoms with Gasteiger partial charge >= 0.3 is 0 Å². The Labute approximate surface area is 164 Å². The summed E-state index contributed by atoms with van der Waals surface area (Å²) in [4.78, 5) is 22.1. The first-order valence-electron chi connectivity index (χ1n) is 10.1. The predicted octanol–water partition coefficient (Wildman–Crippen LogP) is 3.15. The Morgan fingerprint density at radius 3 is 2.64 bits per heavy atom. The summed E-state index contributed by atoms with van der Waals surface area (Å²) in [6.45, 7) is 6.56. The van der Waals surface area contributed by atoms with E-state index in [9.17, 15) is 4.79 Å². The van der Waals surface area contributed by atoms with Crippen LogP contribution in [-0.2, 0) is 11.2 Å². The van der Waals surface area contributed by atoms with Gasteiger partial charge in [0.05, 0.1) is 5.69 Å². The van der Waals surface area contributed by atoms with E-state index in [1.54, 1.807) is 0 Å². The third-order valence-electron chi connectivity index (χ3n) is 5.98. The van der Waals surface area contributed by atoms with Crippen molar-refractivity contribution < 1.29 is 4.79 Å². The number of aromatic nitrogens is 3. The fraction of sp³-hybridized carbons (Fsp3) is 0.409. The van der Waals surface area contributed by atoms with Crippen molar-refractivity contribution in [3.05, 3.63) is 53.3 Å². The minimum atomic E-state index is 0.0974. The van der Waals surface area contributed by atoms with Crippen LogP contribution in [0.4, 0.5) is 11.5 Å². The molecule has 4 heterocycles. The van der Waals surface area contributed by atoms with E-state index < -0.39 is 0 Å². The maximum Gasteiger partial charge on any atom is 0.230 e. The molecule has 2 aromatic heterocycles. The number of carbonyl (C=O) groups is 1. The number of para-hydroxylation sites is 1. The second kappa shape index (κ2) is 6.62. The van der Waals surface area contributed by atoms with Crippen molar-refractivity contribution in [2.24, 2.45) is 5.92 Å². The van der Waals surface area contributed by atoms with E-state index in [2.05, 4.69) is 39.2 Å². The van der Waals surface area contributed by atoms with Crippen molar-refractivity contribution in [1.29, 1.82) is 0 Å². The van der Waals surface area contributed by atoms with Crippen LogP contribution >= 0.6 is 0 Å². The highest BCUT2D eigenvalue weighted by atomic mass is 16.2. The van der Waals surface area contributed by atoms with Gasteiger partial charge in [0.25, 0.3) is 0 Å². The van der Waals surface area contributed by atoms with Crippen LogP contribution in [0.25, 0.3) is 5.65 Å². The molecule has 5 rings (SSSR count). The minimum absolute atomic E-state index is 0.0974.